The van der Waals surface area contributed by atoms with E-state index >= 15 is 0 Å². The lowest BCUT2D eigenvalue weighted by molar-refractivity contribution is -0.208. The summed E-state index contributed by atoms with van der Waals surface area (Å²) >= 11 is 0. The molecule has 3 spiro atoms. The van der Waals surface area contributed by atoms with E-state index in [4.69, 9.17) is 64.9 Å². The molecule has 6 saturated carbocycles. The predicted molar refractivity (Wildman–Crippen MR) is 332 cm³/mol. The van der Waals surface area contributed by atoms with Gasteiger partial charge in [-0.2, -0.15) is 31.1 Å². The molecule has 97 heavy (non-hydrogen) atoms. The highest BCUT2D eigenvalue weighted by Crippen LogP contribution is 2.61. The zero-order chi connectivity index (χ0) is 68.4. The van der Waals surface area contributed by atoms with Crippen LogP contribution in [0.3, 0.4) is 0 Å². The SMILES string of the molecule is CC1(C)O[C@H]2[C@@H](O1)[C@](C#N)(c1ccc3c(N)ncnn13)O[C@@H]2CO.CC1(C)O[C@H]2[C@@H](O1)[C@](C#N)(c1ccc3c(N)ncnn13)O[C@@H]2COC(=O)C1CC2(CCC2)C1.N#C[C@@]1(c2ccc3c(N)ncnn23)O[C@H](COC(=O)C2CC3(CCC3)C2)[C@@H](O)[C@H]1O.O=C(O)C1CC2(CCC2)C1. The fourth-order valence-corrected chi connectivity index (χ4v) is 16.8. The summed E-state index contributed by atoms with van der Waals surface area (Å²) in [4.78, 5) is 47.3. The first kappa shape index (κ1) is 66.0. The summed E-state index contributed by atoms with van der Waals surface area (Å²) < 4.78 is 57.5. The van der Waals surface area contributed by atoms with Gasteiger partial charge in [-0.25, -0.2) is 28.5 Å². The van der Waals surface area contributed by atoms with Gasteiger partial charge >= 0.3 is 17.9 Å². The van der Waals surface area contributed by atoms with Crippen LogP contribution in [0.5, 0.6) is 0 Å². The second kappa shape index (κ2) is 24.0. The van der Waals surface area contributed by atoms with Gasteiger partial charge in [0.05, 0.1) is 41.4 Å². The number of aliphatic carboxylic acids is 1. The first-order chi connectivity index (χ1) is 46.3. The summed E-state index contributed by atoms with van der Waals surface area (Å²) in [7, 11) is 0. The molecule has 11 heterocycles. The van der Waals surface area contributed by atoms with Crippen LogP contribution in [0.4, 0.5) is 17.5 Å². The molecule has 5 saturated heterocycles. The summed E-state index contributed by atoms with van der Waals surface area (Å²) in [5.74, 6) is -2.29. The number of aromatic nitrogens is 9. The summed E-state index contributed by atoms with van der Waals surface area (Å²) in [6, 6.07) is 16.5. The van der Waals surface area contributed by atoms with Crippen LogP contribution >= 0.6 is 0 Å². The van der Waals surface area contributed by atoms with E-state index < -0.39 is 89.3 Å². The van der Waals surface area contributed by atoms with E-state index in [0.717, 1.165) is 38.5 Å². The van der Waals surface area contributed by atoms with Gasteiger partial charge in [-0.3, -0.25) is 14.4 Å². The van der Waals surface area contributed by atoms with Gasteiger partial charge in [0, 0.05) is 0 Å². The number of fused-ring (bicyclic) bond motifs is 5. The number of nitriles is 3. The van der Waals surface area contributed by atoms with Crippen LogP contribution in [0.2, 0.25) is 0 Å². The molecule has 0 bridgehead atoms. The number of anilines is 3. The fraction of sp³-hybridized carbons (Fsp3) is 0.636. The maximum atomic E-state index is 12.7. The van der Waals surface area contributed by atoms with Crippen molar-refractivity contribution in [2.75, 3.05) is 37.0 Å². The lowest BCUT2D eigenvalue weighted by Crippen LogP contribution is -2.46. The Bertz CT molecular complexity index is 4180. The number of nitrogen functional groups attached to an aromatic ring is 3. The third-order valence-corrected chi connectivity index (χ3v) is 22.3. The van der Waals surface area contributed by atoms with E-state index in [9.17, 15) is 45.5 Å². The summed E-state index contributed by atoms with van der Waals surface area (Å²) in [6.07, 6.45) is 12.5. The molecule has 31 nitrogen and oxygen atoms in total. The molecule has 6 aromatic rings. The van der Waals surface area contributed by atoms with E-state index in [0.29, 0.717) is 50.0 Å². The highest BCUT2D eigenvalue weighted by molar-refractivity contribution is 5.75. The van der Waals surface area contributed by atoms with E-state index in [-0.39, 0.29) is 66.8 Å². The fourth-order valence-electron chi connectivity index (χ4n) is 16.8. The van der Waals surface area contributed by atoms with Crippen molar-refractivity contribution < 1.29 is 77.4 Å². The quantitative estimate of drug-likeness (QED) is 0.0903. The topological polar surface area (TPSA) is 455 Å². The monoisotopic (exact) mass is 1340 g/mol. The molecule has 6 aromatic heterocycles. The number of hydrogen-bond donors (Lipinski definition) is 7. The molecular weight excluding hydrogens is 1260 g/mol. The van der Waals surface area contributed by atoms with Gasteiger partial charge < -0.3 is 80.3 Å². The molecule has 17 rings (SSSR count). The number of carbonyl (C=O) groups is 3. The molecule has 5 aliphatic heterocycles. The van der Waals surface area contributed by atoms with Gasteiger partial charge in [0.1, 0.15) is 122 Å². The number of ether oxygens (including phenoxy) is 9. The molecular formula is C66H79N15O16. The van der Waals surface area contributed by atoms with Crippen molar-refractivity contribution in [1.29, 1.82) is 15.8 Å². The molecule has 0 unspecified atom stereocenters. The van der Waals surface area contributed by atoms with E-state index in [1.807, 2.05) is 6.07 Å². The van der Waals surface area contributed by atoms with Gasteiger partial charge in [0.15, 0.2) is 29.0 Å². The Balaban J connectivity index is 0.000000117. The van der Waals surface area contributed by atoms with Gasteiger partial charge in [-0.1, -0.05) is 19.3 Å². The average Bonchev–Trinajstić information content (AvgIpc) is 1.57. The first-order valence-electron chi connectivity index (χ1n) is 33.1. The Morgan fingerprint density at radius 2 is 0.876 bits per heavy atom. The van der Waals surface area contributed by atoms with Crippen LogP contribution in [-0.2, 0) is 73.8 Å². The highest BCUT2D eigenvalue weighted by Gasteiger charge is 2.68. The molecule has 31 heteroatoms. The number of nitrogens with zero attached hydrogens (tertiary/aromatic N) is 12. The number of rotatable bonds is 11. The largest absolute Gasteiger partial charge is 0.481 e. The predicted octanol–water partition coefficient (Wildman–Crippen LogP) is 3.94. The summed E-state index contributed by atoms with van der Waals surface area (Å²) in [5.41, 5.74) is 16.7. The van der Waals surface area contributed by atoms with Crippen molar-refractivity contribution >= 4 is 51.9 Å². The summed E-state index contributed by atoms with van der Waals surface area (Å²) in [5, 5.41) is 82.2. The molecule has 12 atom stereocenters. The van der Waals surface area contributed by atoms with Crippen molar-refractivity contribution in [2.24, 2.45) is 34.0 Å². The second-order valence-corrected chi connectivity index (χ2v) is 29.1. The lowest BCUT2D eigenvalue weighted by Gasteiger charge is -2.53. The minimum atomic E-state index is -1.89. The number of hydrogen-bond acceptors (Lipinski definition) is 27. The second-order valence-electron chi connectivity index (χ2n) is 29.1. The molecule has 0 amide bonds. The average molecular weight is 1340 g/mol. The zero-order valence-corrected chi connectivity index (χ0v) is 54.1. The van der Waals surface area contributed by atoms with Crippen molar-refractivity contribution in [3.8, 4) is 18.2 Å². The minimum Gasteiger partial charge on any atom is -0.481 e. The third kappa shape index (κ3) is 10.9. The minimum absolute atomic E-state index is 0.000278. The molecule has 0 radical (unpaired) electrons. The molecule has 10 N–H and O–H groups in total. The van der Waals surface area contributed by atoms with Gasteiger partial charge in [-0.05, 0) is 157 Å². The molecule has 0 aromatic carbocycles. The Hall–Kier alpha value is -8.26. The van der Waals surface area contributed by atoms with Gasteiger partial charge in [0.25, 0.3) is 0 Å². The number of aliphatic hydroxyl groups excluding tert-OH is 3. The lowest BCUT2D eigenvalue weighted by atomic mass is 9.52. The number of carbonyl (C=O) groups excluding carboxylic acids is 2. The standard InChI is InChI=1S/C23H27N5O5.C20H23N5O5.C15H17N5O4.C8H12O2/c1-21(2)32-17-15(10-30-20(29)13-8-22(9-13)6-3-7-22)31-23(11-24,18(17)33-21)16-5-4-14-19(25)26-12-27-28(14)16;21-9-20(14-3-2-12-17(22)23-10-24-25(12)14)16(27)15(26)13(30-20)8-29-18(28)11-6-19(7-11)4-1-5-19;1-14(2)23-11-9(5-21)22-15(6-16,12(11)24-14)10-4-3-8-13(17)18-7-19-20(8)10;9-7(10)6-4-8(5-6)2-1-3-8/h4-5,12-13,15,17-18H,3,6-10H2,1-2H3,(H2,25,26,27);2-3,10-11,13,15-16,26-27H,1,4-8H2,(H2,22,23,24);3-4,7,9,11-12,21H,5H2,1-2H3,(H2,17,18,19);6H,1-5H2,(H,9,10)/t15-,17-,18-,23+;13-,15-,16-,20+;9-,11-,12-,15+;/m111./s1. The van der Waals surface area contributed by atoms with E-state index in [1.165, 1.54) is 90.3 Å². The van der Waals surface area contributed by atoms with Crippen LogP contribution in [0.25, 0.3) is 16.6 Å². The van der Waals surface area contributed by atoms with Crippen LogP contribution in [0.15, 0.2) is 55.4 Å². The van der Waals surface area contributed by atoms with E-state index in [1.54, 1.807) is 64.1 Å². The number of nitrogens with two attached hydrogens (primary N) is 3. The number of carboxylic acids is 1. The van der Waals surface area contributed by atoms with Crippen LogP contribution in [0, 0.1) is 68.0 Å². The Morgan fingerprint density at radius 3 is 1.24 bits per heavy atom. The molecule has 11 aliphatic rings. The van der Waals surface area contributed by atoms with Crippen LogP contribution < -0.4 is 17.2 Å². The van der Waals surface area contributed by atoms with E-state index in [2.05, 4.69) is 42.4 Å². The number of aliphatic hydroxyl groups is 3. The normalized spacial score (nSPS) is 34.2. The van der Waals surface area contributed by atoms with Crippen LogP contribution in [-0.4, -0.2) is 168 Å². The smallest absolute Gasteiger partial charge is 0.309 e. The third-order valence-electron chi connectivity index (χ3n) is 22.3. The Morgan fingerprint density at radius 1 is 0.526 bits per heavy atom. The number of carboxylic acid groups (broad SMARTS) is 1. The van der Waals surface area contributed by atoms with Gasteiger partial charge in [0.2, 0.25) is 16.8 Å². The van der Waals surface area contributed by atoms with Crippen LogP contribution in [0.1, 0.15) is 141 Å². The Kier molecular flexibility index (Phi) is 16.4. The van der Waals surface area contributed by atoms with Crippen molar-refractivity contribution in [3.05, 3.63) is 72.5 Å². The first-order valence-corrected chi connectivity index (χ1v) is 33.1. The highest BCUT2D eigenvalue weighted by atomic mass is 16.8. The van der Waals surface area contributed by atoms with Gasteiger partial charge in [-0.15, -0.1) is 0 Å². The van der Waals surface area contributed by atoms with Crippen molar-refractivity contribution in [2.45, 2.75) is 207 Å². The molecule has 6 aliphatic carbocycles. The van der Waals surface area contributed by atoms with Crippen molar-refractivity contribution in [1.82, 2.24) is 43.8 Å². The molecule has 514 valence electrons. The van der Waals surface area contributed by atoms with Crippen molar-refractivity contribution in [3.63, 3.8) is 0 Å². The number of esters is 2. The zero-order valence-electron chi connectivity index (χ0n) is 54.1. The molecule has 11 fully saturated rings. The Labute approximate surface area is 555 Å². The maximum absolute atomic E-state index is 12.7. The summed E-state index contributed by atoms with van der Waals surface area (Å²) in [6.45, 7) is 6.57. The maximum Gasteiger partial charge on any atom is 0.309 e.